The smallest absolute Gasteiger partial charge is 0.322 e. The number of carbonyl (C=O) groups is 3. The number of aromatic hydroxyl groups is 1. The van der Waals surface area contributed by atoms with Crippen molar-refractivity contribution in [2.75, 3.05) is 7.05 Å². The second-order valence-corrected chi connectivity index (χ2v) is 8.22. The molecule has 1 aliphatic rings. The van der Waals surface area contributed by atoms with Crippen LogP contribution in [0.4, 0.5) is 0 Å². The topological polar surface area (TPSA) is 129 Å². The number of carbonyl (C=O) groups excluding carboxylic acids is 2. The summed E-state index contributed by atoms with van der Waals surface area (Å²) in [7, 11) is 1.68. The van der Waals surface area contributed by atoms with E-state index in [1.54, 1.807) is 24.1 Å². The van der Waals surface area contributed by atoms with Crippen LogP contribution in [0, 0.1) is 0 Å². The molecule has 34 heavy (non-hydrogen) atoms. The number of likely N-dealkylation sites (N-methyl/N-ethyl adjacent to an activating group) is 1. The summed E-state index contributed by atoms with van der Waals surface area (Å²) in [5, 5.41) is 26.0. The summed E-state index contributed by atoms with van der Waals surface area (Å²) < 4.78 is 0. The number of benzene rings is 3. The van der Waals surface area contributed by atoms with Gasteiger partial charge >= 0.3 is 5.97 Å². The number of hydrogen-bond acceptors (Lipinski definition) is 5. The summed E-state index contributed by atoms with van der Waals surface area (Å²) in [6.45, 7) is 0.349. The van der Waals surface area contributed by atoms with Gasteiger partial charge in [-0.15, -0.1) is 0 Å². The van der Waals surface area contributed by atoms with Crippen molar-refractivity contribution < 1.29 is 24.6 Å². The number of fused-ring (bicyclic) bond motifs is 1. The Labute approximate surface area is 219 Å². The van der Waals surface area contributed by atoms with Crippen molar-refractivity contribution in [2.45, 2.75) is 31.1 Å². The maximum Gasteiger partial charge on any atom is 0.322 e. The maximum atomic E-state index is 13.4. The molecule has 3 aromatic rings. The van der Waals surface area contributed by atoms with E-state index >= 15 is 0 Å². The molecule has 4 rings (SSSR count). The van der Waals surface area contributed by atoms with Crippen LogP contribution in [-0.4, -0.2) is 87.6 Å². The van der Waals surface area contributed by atoms with Crippen molar-refractivity contribution in [3.63, 3.8) is 0 Å². The molecule has 1 heterocycles. The van der Waals surface area contributed by atoms with E-state index in [4.69, 9.17) is 5.11 Å². The zero-order valence-corrected chi connectivity index (χ0v) is 21.1. The van der Waals surface area contributed by atoms with Crippen LogP contribution in [0.1, 0.15) is 11.1 Å². The number of aliphatic carboxylic acids is 1. The molecule has 171 valence electrons. The van der Waals surface area contributed by atoms with E-state index in [0.29, 0.717) is 6.54 Å². The van der Waals surface area contributed by atoms with Crippen molar-refractivity contribution >= 4 is 58.1 Å². The Bertz CT molecular complexity index is 1200. The first-order valence-corrected chi connectivity index (χ1v) is 10.6. The van der Waals surface area contributed by atoms with Crippen LogP contribution in [0.15, 0.2) is 66.7 Å². The van der Waals surface area contributed by atoms with E-state index in [9.17, 15) is 19.5 Å². The molecule has 9 heteroatoms. The Morgan fingerprint density at radius 1 is 1.00 bits per heavy atom. The quantitative estimate of drug-likeness (QED) is 0.290. The predicted octanol–water partition coefficient (Wildman–Crippen LogP) is 1.28. The first-order valence-electron chi connectivity index (χ1n) is 10.6. The summed E-state index contributed by atoms with van der Waals surface area (Å²) in [5.74, 6) is -1.83. The molecule has 3 aromatic carbocycles. The standard InChI is InChI=1S/C25H25N3O5.Na/c1-28(14-17-7-4-6-16-5-2-3-8-19(16)17)24(31)20(13-15-9-11-18(29)12-10-15)26-23(30)21-22(27-21)25(32)33;/h2-12,20-22,27,29H,13-14H2,1H3,(H,26,30)(H,32,33);/t20-,21-,22-;/m0./s1. The molecule has 0 aliphatic carbocycles. The number of carboxylic acids is 1. The van der Waals surface area contributed by atoms with Crippen LogP contribution in [0.3, 0.4) is 0 Å². The molecule has 4 N–H and O–H groups in total. The van der Waals surface area contributed by atoms with Gasteiger partial charge in [0.25, 0.3) is 0 Å². The fourth-order valence-corrected chi connectivity index (χ4v) is 3.94. The van der Waals surface area contributed by atoms with Gasteiger partial charge in [-0.25, -0.2) is 0 Å². The van der Waals surface area contributed by atoms with E-state index < -0.39 is 30.0 Å². The number of hydrogen-bond donors (Lipinski definition) is 4. The summed E-state index contributed by atoms with van der Waals surface area (Å²) in [6.07, 6.45) is 0.204. The minimum absolute atomic E-state index is 0. The van der Waals surface area contributed by atoms with Crippen LogP contribution < -0.4 is 10.6 Å². The van der Waals surface area contributed by atoms with Gasteiger partial charge in [-0.2, -0.15) is 0 Å². The van der Waals surface area contributed by atoms with Crippen molar-refractivity contribution in [1.82, 2.24) is 15.5 Å². The number of carboxylic acid groups (broad SMARTS) is 1. The molecule has 0 saturated carbocycles. The van der Waals surface area contributed by atoms with Gasteiger partial charge in [-0.05, 0) is 34.0 Å². The third kappa shape index (κ3) is 5.95. The average molecular weight is 470 g/mol. The van der Waals surface area contributed by atoms with Gasteiger partial charge < -0.3 is 20.4 Å². The van der Waals surface area contributed by atoms with Crippen LogP contribution in [0.25, 0.3) is 10.8 Å². The third-order valence-corrected chi connectivity index (χ3v) is 5.79. The van der Waals surface area contributed by atoms with E-state index in [2.05, 4.69) is 10.6 Å². The Hall–Kier alpha value is -2.91. The van der Waals surface area contributed by atoms with Gasteiger partial charge in [-0.3, -0.25) is 19.7 Å². The predicted molar refractivity (Wildman–Crippen MR) is 128 cm³/mol. The molecule has 0 unspecified atom stereocenters. The Kier molecular flexibility index (Phi) is 8.33. The fraction of sp³-hybridized carbons (Fsp3) is 0.240. The van der Waals surface area contributed by atoms with E-state index in [-0.39, 0.29) is 47.6 Å². The average Bonchev–Trinajstić information content (AvgIpc) is 3.61. The number of nitrogens with zero attached hydrogens (tertiary/aromatic N) is 1. The van der Waals surface area contributed by atoms with Gasteiger partial charge in [-0.1, -0.05) is 54.6 Å². The van der Waals surface area contributed by atoms with Gasteiger partial charge in [0.2, 0.25) is 11.8 Å². The summed E-state index contributed by atoms with van der Waals surface area (Å²) in [5.41, 5.74) is 1.73. The van der Waals surface area contributed by atoms with E-state index in [0.717, 1.165) is 21.9 Å². The molecule has 8 nitrogen and oxygen atoms in total. The normalized spacial score (nSPS) is 17.3. The first kappa shape index (κ1) is 25.7. The van der Waals surface area contributed by atoms with Crippen LogP contribution in [0.2, 0.25) is 0 Å². The molecular weight excluding hydrogens is 445 g/mol. The molecule has 0 aromatic heterocycles. The second-order valence-electron chi connectivity index (χ2n) is 8.22. The SMILES string of the molecule is CN(Cc1cccc2ccccc12)C(=O)[C@H](Cc1ccc(O)cc1)NC(=O)[C@H]1N[C@@H]1C(=O)O.[Na]. The van der Waals surface area contributed by atoms with E-state index in [1.807, 2.05) is 42.5 Å². The first-order chi connectivity index (χ1) is 15.8. The third-order valence-electron chi connectivity index (χ3n) is 5.79. The Balaban J connectivity index is 0.00000324. The van der Waals surface area contributed by atoms with Crippen molar-refractivity contribution in [3.05, 3.63) is 77.9 Å². The molecule has 1 radical (unpaired) electrons. The molecule has 3 atom stereocenters. The minimum Gasteiger partial charge on any atom is -0.508 e. The largest absolute Gasteiger partial charge is 0.508 e. The monoisotopic (exact) mass is 470 g/mol. The van der Waals surface area contributed by atoms with Crippen LogP contribution in [0.5, 0.6) is 5.75 Å². The van der Waals surface area contributed by atoms with Gasteiger partial charge in [0.15, 0.2) is 0 Å². The molecule has 1 saturated heterocycles. The zero-order chi connectivity index (χ0) is 23.5. The van der Waals surface area contributed by atoms with Crippen molar-refractivity contribution in [3.8, 4) is 5.75 Å². The van der Waals surface area contributed by atoms with Crippen molar-refractivity contribution in [2.24, 2.45) is 0 Å². The van der Waals surface area contributed by atoms with Crippen molar-refractivity contribution in [1.29, 1.82) is 0 Å². The van der Waals surface area contributed by atoms with Gasteiger partial charge in [0.05, 0.1) is 0 Å². The number of amides is 2. The number of nitrogens with one attached hydrogen (secondary N) is 2. The summed E-state index contributed by atoms with van der Waals surface area (Å²) in [4.78, 5) is 38.6. The number of rotatable bonds is 8. The molecule has 2 amide bonds. The summed E-state index contributed by atoms with van der Waals surface area (Å²) >= 11 is 0. The molecule has 1 fully saturated rings. The Morgan fingerprint density at radius 2 is 1.68 bits per heavy atom. The molecule has 0 spiro atoms. The second kappa shape index (κ2) is 11.0. The molecule has 1 aliphatic heterocycles. The molecular formula is C25H25N3NaO5. The van der Waals surface area contributed by atoms with Crippen LogP contribution in [-0.2, 0) is 27.3 Å². The molecule has 0 bridgehead atoms. The van der Waals surface area contributed by atoms with Gasteiger partial charge in [0.1, 0.15) is 23.9 Å². The maximum absolute atomic E-state index is 13.4. The minimum atomic E-state index is -1.11. The zero-order valence-electron chi connectivity index (χ0n) is 19.1. The van der Waals surface area contributed by atoms with Gasteiger partial charge in [0, 0.05) is 49.6 Å². The fourth-order valence-electron chi connectivity index (χ4n) is 3.94. The number of phenols is 1. The van der Waals surface area contributed by atoms with Crippen LogP contribution >= 0.6 is 0 Å². The number of phenolic OH excluding ortho intramolecular Hbond substituents is 1. The van der Waals surface area contributed by atoms with E-state index in [1.165, 1.54) is 12.1 Å². The summed E-state index contributed by atoms with van der Waals surface area (Å²) in [6, 6.07) is 17.5. The Morgan fingerprint density at radius 3 is 2.35 bits per heavy atom.